The summed E-state index contributed by atoms with van der Waals surface area (Å²) in [5.41, 5.74) is 26.9. The number of aromatic nitrogens is 8. The van der Waals surface area contributed by atoms with Crippen molar-refractivity contribution < 1.29 is 32.3 Å². The summed E-state index contributed by atoms with van der Waals surface area (Å²) < 4.78 is 0. The third-order valence-electron chi connectivity index (χ3n) is 13.9. The minimum atomic E-state index is -0.704. The van der Waals surface area contributed by atoms with Gasteiger partial charge in [0.05, 0.1) is 5.60 Å². The van der Waals surface area contributed by atoms with E-state index in [1.54, 1.807) is 30.9 Å². The number of carbonyl (C=O) groups excluding carboxylic acids is 3. The number of allylic oxidation sites excluding steroid dienone is 2. The van der Waals surface area contributed by atoms with E-state index in [0.717, 1.165) is 100 Å². The number of H-pyrrole nitrogens is 1. The number of urea groups is 2. The Kier molecular flexibility index (Phi) is 25.2. The van der Waals surface area contributed by atoms with Gasteiger partial charge in [0.25, 0.3) is 0 Å². The number of rotatable bonds is 23. The molecule has 514 valence electrons. The molecule has 0 spiro atoms. The number of hydrogen-bond acceptors (Lipinski definition) is 22. The summed E-state index contributed by atoms with van der Waals surface area (Å²) in [6, 6.07) is 29.8. The van der Waals surface area contributed by atoms with E-state index in [4.69, 9.17) is 22.9 Å². The third-order valence-corrected chi connectivity index (χ3v) is 16.5. The van der Waals surface area contributed by atoms with Gasteiger partial charge in [-0.05, 0) is 181 Å². The van der Waals surface area contributed by atoms with Crippen molar-refractivity contribution in [2.45, 2.75) is 117 Å². The summed E-state index contributed by atoms with van der Waals surface area (Å²) >= 11 is 4.28. The molecule has 3 saturated heterocycles. The quantitative estimate of drug-likeness (QED) is 0.0161. The molecule has 10 rings (SSSR count). The second kappa shape index (κ2) is 33.8. The lowest BCUT2D eigenvalue weighted by atomic mass is 9.97. The summed E-state index contributed by atoms with van der Waals surface area (Å²) in [6.07, 6.45) is 6.81. The van der Waals surface area contributed by atoms with Gasteiger partial charge in [0.2, 0.25) is 5.91 Å². The van der Waals surface area contributed by atoms with Crippen LogP contribution >= 0.6 is 35.3 Å². The van der Waals surface area contributed by atoms with Crippen LogP contribution in [-0.2, 0) is 4.79 Å². The molecule has 5 amide bonds. The molecule has 0 atom stereocenters. The Morgan fingerprint density at radius 1 is 0.628 bits per heavy atom. The van der Waals surface area contributed by atoms with Gasteiger partial charge in [0, 0.05) is 151 Å². The van der Waals surface area contributed by atoms with E-state index in [2.05, 4.69) is 86.5 Å². The van der Waals surface area contributed by atoms with Crippen LogP contribution in [-0.4, -0.2) is 144 Å². The van der Waals surface area contributed by atoms with Gasteiger partial charge in [0.15, 0.2) is 32.9 Å². The molecule has 94 heavy (non-hydrogen) atoms. The van der Waals surface area contributed by atoms with Gasteiger partial charge >= 0.3 is 12.1 Å². The first kappa shape index (κ1) is 70.2. The molecule has 27 nitrogen and oxygen atoms in total. The first-order chi connectivity index (χ1) is 45.1. The summed E-state index contributed by atoms with van der Waals surface area (Å²) in [5, 5.41) is 33.5. The molecule has 0 unspecified atom stereocenters. The fourth-order valence-electron chi connectivity index (χ4n) is 8.97. The topological polar surface area (TPSA) is 379 Å². The molecule has 30 heteroatoms. The summed E-state index contributed by atoms with van der Waals surface area (Å²) in [7, 11) is 0. The molecule has 7 aromatic rings. The highest BCUT2D eigenvalue weighted by molar-refractivity contribution is 7.99. The molecule has 0 bridgehead atoms. The number of aryl methyl sites for hydroxylation is 1. The number of benzene rings is 3. The number of aromatic amines is 1. The van der Waals surface area contributed by atoms with Gasteiger partial charge in [-0.1, -0.05) is 13.8 Å². The van der Waals surface area contributed by atoms with Crippen LogP contribution in [0.4, 0.5) is 67.4 Å². The predicted octanol–water partition coefficient (Wildman–Crippen LogP) is 12.3. The van der Waals surface area contributed by atoms with E-state index in [0.29, 0.717) is 101 Å². The molecule has 0 saturated carbocycles. The smallest absolute Gasteiger partial charge is 0.321 e. The molecular formula is C64H101N23O4S3. The van der Waals surface area contributed by atoms with E-state index in [-0.39, 0.29) is 30.8 Å². The second-order valence-corrected chi connectivity index (χ2v) is 25.5. The zero-order valence-corrected chi connectivity index (χ0v) is 56.6. The van der Waals surface area contributed by atoms with Gasteiger partial charge in [0.1, 0.15) is 34.9 Å². The van der Waals surface area contributed by atoms with E-state index < -0.39 is 5.60 Å². The zero-order chi connectivity index (χ0) is 67.3. The number of amides is 5. The first-order valence-corrected chi connectivity index (χ1v) is 33.3. The highest BCUT2D eigenvalue weighted by Gasteiger charge is 2.38. The van der Waals surface area contributed by atoms with Crippen LogP contribution in [0.25, 0.3) is 0 Å². The number of hydrogen-bond donors (Lipinski definition) is 11. The number of aliphatic hydroxyl groups is 1. The molecule has 7 heterocycles. The van der Waals surface area contributed by atoms with Crippen LogP contribution in [0.15, 0.2) is 161 Å². The molecule has 4 aromatic heterocycles. The number of carbonyl (C=O) groups is 3. The van der Waals surface area contributed by atoms with Gasteiger partial charge in [-0.3, -0.25) is 9.89 Å². The Morgan fingerprint density at radius 3 is 1.47 bits per heavy atom. The maximum atomic E-state index is 12.2. The average molecular weight is 1350 g/mol. The minimum absolute atomic E-state index is 0. The lowest BCUT2D eigenvalue weighted by Crippen LogP contribution is -2.60. The lowest BCUT2D eigenvalue weighted by molar-refractivity contribution is -0.115. The summed E-state index contributed by atoms with van der Waals surface area (Å²) in [4.78, 5) is 83.0. The molecule has 0 radical (unpaired) electrons. The molecule has 3 aliphatic rings. The van der Waals surface area contributed by atoms with Crippen LogP contribution in [0.2, 0.25) is 0 Å². The number of anilines is 8. The van der Waals surface area contributed by atoms with E-state index in [9.17, 15) is 19.5 Å². The van der Waals surface area contributed by atoms with E-state index >= 15 is 0 Å². The minimum Gasteiger partial charge on any atom is -0.402 e. The second-order valence-electron chi connectivity index (χ2n) is 22.3. The molecule has 3 aromatic carbocycles. The maximum Gasteiger partial charge on any atom is 0.321 e. The van der Waals surface area contributed by atoms with E-state index in [1.165, 1.54) is 35.3 Å². The van der Waals surface area contributed by atoms with Crippen LogP contribution < -0.4 is 64.2 Å². The zero-order valence-electron chi connectivity index (χ0n) is 54.1. The van der Waals surface area contributed by atoms with Crippen molar-refractivity contribution in [1.82, 2.24) is 50.3 Å². The number of aliphatic imine (C=N–C) groups is 2. The Balaban J connectivity index is 0. The van der Waals surface area contributed by atoms with Crippen molar-refractivity contribution in [3.63, 3.8) is 0 Å². The van der Waals surface area contributed by atoms with Gasteiger partial charge < -0.3 is 74.2 Å². The van der Waals surface area contributed by atoms with Crippen LogP contribution in [0.3, 0.4) is 0 Å². The van der Waals surface area contributed by atoms with Gasteiger partial charge in [-0.25, -0.2) is 49.5 Å². The fraction of sp³-hybridized carbons (Fsp3) is 0.344. The third kappa shape index (κ3) is 22.0. The SMILES string of the molecule is CCC(=O)Nc1ccc(Sc2nc(Nc3cc(C)[nH]n3)cc(N3CC(C)(O)C3)n2)cc1.CCCNC(=O)Nc1ccc(Sc2nc(N=C(N)/C=C(/C)N)cc(N3CCC3)n2)cc1.CCN(CC)C(=O)Nc1ccc(Sc2nc(N=C(N)/C=C(/C)N)cc(N3CCC3)n2)cc1.[HH].[HH].[HH].[HH].[HH].[HH].[HH].[HH].[HH]. The largest absolute Gasteiger partial charge is 0.402 e. The number of nitrogens with zero attached hydrogens (tertiary/aromatic N) is 13. The standard InChI is InChI=1S/C22H30N8OS.C21H28N8OS.C21H25N7O2S.9H2/c1-4-29(5-2)22(31)25-16-7-9-17(10-8-16)32-21-27-19(26-18(24)13-15(3)23)14-20(28-21)30-11-6-12-30;1-3-9-24-20(30)25-15-5-7-16(8-6-15)31-21-27-18(26-17(23)12-14(2)22)13-19(28-21)29-10-4-11-29;1-4-19(29)22-14-5-7-15(8-6-14)31-20-24-16(23-17-9-13(2)26-27-17)10-18(25-20)28-11-21(3,30)12-28;;;;;;;;;/h7-10,13-14H,4-6,11-12,23H2,1-3H3,(H,25,31)(H2,24,26,27,28);5-8,12-13H,3-4,9-11,22H2,1-2H3,(H2,24,25,30)(H2,23,26,27,28);5-10,30H,4,11-12H2,1-3H3,(H,22,29)(H2,23,24,25,26,27);9*1H/b15-13-;14-12-;;;;;;;;;;. The molecule has 3 aliphatic heterocycles. The van der Waals surface area contributed by atoms with Crippen molar-refractivity contribution in [3.05, 3.63) is 126 Å². The number of nitrogens with two attached hydrogens (primary N) is 4. The fourth-order valence-corrected chi connectivity index (χ4v) is 11.3. The summed E-state index contributed by atoms with van der Waals surface area (Å²) in [6.45, 7) is 21.8. The van der Waals surface area contributed by atoms with Crippen molar-refractivity contribution in [3.8, 4) is 0 Å². The Hall–Kier alpha value is -9.65. The van der Waals surface area contributed by atoms with E-state index in [1.807, 2.05) is 144 Å². The van der Waals surface area contributed by atoms with Crippen molar-refractivity contribution in [1.29, 1.82) is 0 Å². The Morgan fingerprint density at radius 2 is 1.07 bits per heavy atom. The number of nitrogens with one attached hydrogen (secondary N) is 6. The molecule has 15 N–H and O–H groups in total. The molecule has 3 fully saturated rings. The average Bonchev–Trinajstić information content (AvgIpc) is 1.63. The van der Waals surface area contributed by atoms with Crippen LogP contribution in [0.5, 0.6) is 0 Å². The Labute approximate surface area is 573 Å². The van der Waals surface area contributed by atoms with Crippen LogP contribution in [0.1, 0.15) is 92.7 Å². The van der Waals surface area contributed by atoms with Gasteiger partial charge in [-0.2, -0.15) is 5.10 Å². The number of β-amino-alcohol motifs (C(OH)–C–C–N with tert-alkyl or cyclic N) is 1. The van der Waals surface area contributed by atoms with Gasteiger partial charge in [-0.15, -0.1) is 0 Å². The van der Waals surface area contributed by atoms with Crippen LogP contribution in [0, 0.1) is 6.92 Å². The molecule has 0 aliphatic carbocycles. The monoisotopic (exact) mass is 1350 g/mol. The highest BCUT2D eigenvalue weighted by Crippen LogP contribution is 2.35. The molecular weight excluding hydrogens is 1250 g/mol. The predicted molar refractivity (Wildman–Crippen MR) is 397 cm³/mol. The van der Waals surface area contributed by atoms with Crippen molar-refractivity contribution in [2.24, 2.45) is 32.9 Å². The normalized spacial score (nSPS) is 14.4. The maximum absolute atomic E-state index is 12.2. The highest BCUT2D eigenvalue weighted by atomic mass is 32.2. The lowest BCUT2D eigenvalue weighted by Gasteiger charge is -2.45. The van der Waals surface area contributed by atoms with Crippen molar-refractivity contribution >= 4 is 123 Å². The Bertz CT molecular complexity index is 3860. The summed E-state index contributed by atoms with van der Waals surface area (Å²) in [5.74, 6) is 5.23. The number of amidine groups is 2. The first-order valence-electron chi connectivity index (χ1n) is 30.8. The van der Waals surface area contributed by atoms with Crippen molar-refractivity contribution in [2.75, 3.05) is 94.9 Å².